The predicted octanol–water partition coefficient (Wildman–Crippen LogP) is 1.23. The molecule has 5 heteroatoms. The second-order valence-corrected chi connectivity index (χ2v) is 4.49. The van der Waals surface area contributed by atoms with Crippen LogP contribution in [0.25, 0.3) is 0 Å². The van der Waals surface area contributed by atoms with Crippen LogP contribution in [0.3, 0.4) is 0 Å². The third-order valence-corrected chi connectivity index (χ3v) is 3.04. The first kappa shape index (κ1) is 14.1. The number of benzene rings is 1. The van der Waals surface area contributed by atoms with Gasteiger partial charge in [0.25, 0.3) is 0 Å². The van der Waals surface area contributed by atoms with Gasteiger partial charge in [0.1, 0.15) is 0 Å². The van der Waals surface area contributed by atoms with E-state index in [0.29, 0.717) is 0 Å². The maximum Gasteiger partial charge on any atom is 0.0667 e. The van der Waals surface area contributed by atoms with Crippen LogP contribution in [0.5, 0.6) is 0 Å². The van der Waals surface area contributed by atoms with Crippen molar-refractivity contribution in [3.63, 3.8) is 0 Å². The largest absolute Gasteiger partial charge is 0.399 e. The van der Waals surface area contributed by atoms with Crippen LogP contribution in [-0.4, -0.2) is 29.2 Å². The first-order valence-corrected chi connectivity index (χ1v) is 5.69. The van der Waals surface area contributed by atoms with E-state index in [0.717, 1.165) is 49.4 Å². The minimum Gasteiger partial charge on any atom is -0.399 e. The van der Waals surface area contributed by atoms with Crippen molar-refractivity contribution < 1.29 is 5.11 Å². The molecule has 4 nitrogen and oxygen atoms in total. The predicted molar refractivity (Wildman–Crippen MR) is 73.0 cm³/mol. The summed E-state index contributed by atoms with van der Waals surface area (Å²) in [6.07, 6.45) is 1.75. The zero-order chi connectivity index (χ0) is 11.5. The van der Waals surface area contributed by atoms with Gasteiger partial charge in [0, 0.05) is 24.5 Å². The summed E-state index contributed by atoms with van der Waals surface area (Å²) in [5.41, 5.74) is 14.2. The molecule has 1 unspecified atom stereocenters. The number of piperidine rings is 1. The molecule has 17 heavy (non-hydrogen) atoms. The van der Waals surface area contributed by atoms with Crippen LogP contribution in [0, 0.1) is 0 Å². The molecule has 1 aliphatic rings. The quantitative estimate of drug-likeness (QED) is 0.697. The van der Waals surface area contributed by atoms with Crippen molar-refractivity contribution in [2.45, 2.75) is 25.5 Å². The summed E-state index contributed by atoms with van der Waals surface area (Å²) in [4.78, 5) is 2.22. The van der Waals surface area contributed by atoms with Gasteiger partial charge in [0.15, 0.2) is 0 Å². The van der Waals surface area contributed by atoms with Crippen molar-refractivity contribution in [3.8, 4) is 0 Å². The standard InChI is InChI=1S/C12H19N3O.ClH/c13-10-3-4-12(14)9(6-10)7-15-5-1-2-11(16)8-15;/h3-4,6,11,16H,1-2,5,7-8,13-14H2;1H. The van der Waals surface area contributed by atoms with Gasteiger partial charge < -0.3 is 16.6 Å². The van der Waals surface area contributed by atoms with Crippen LogP contribution in [-0.2, 0) is 6.54 Å². The third kappa shape index (κ3) is 3.77. The Labute approximate surface area is 108 Å². The van der Waals surface area contributed by atoms with Crippen LogP contribution in [0.4, 0.5) is 11.4 Å². The van der Waals surface area contributed by atoms with E-state index in [1.165, 1.54) is 0 Å². The van der Waals surface area contributed by atoms with Gasteiger partial charge in [-0.3, -0.25) is 4.90 Å². The van der Waals surface area contributed by atoms with Crippen LogP contribution >= 0.6 is 12.4 Å². The second-order valence-electron chi connectivity index (χ2n) is 4.49. The summed E-state index contributed by atoms with van der Waals surface area (Å²) in [7, 11) is 0. The van der Waals surface area contributed by atoms with Gasteiger partial charge in [-0.15, -0.1) is 12.4 Å². The maximum atomic E-state index is 9.58. The minimum absolute atomic E-state index is 0. The van der Waals surface area contributed by atoms with Gasteiger partial charge in [-0.05, 0) is 43.1 Å². The molecule has 96 valence electrons. The number of aliphatic hydroxyl groups excluding tert-OH is 1. The lowest BCUT2D eigenvalue weighted by Gasteiger charge is -2.30. The summed E-state index contributed by atoms with van der Waals surface area (Å²) in [6, 6.07) is 5.56. The molecule has 1 aromatic rings. The van der Waals surface area contributed by atoms with Crippen molar-refractivity contribution >= 4 is 23.8 Å². The van der Waals surface area contributed by atoms with E-state index in [1.54, 1.807) is 0 Å². The fraction of sp³-hybridized carbons (Fsp3) is 0.500. The Morgan fingerprint density at radius 2 is 2.12 bits per heavy atom. The van der Waals surface area contributed by atoms with Crippen molar-refractivity contribution in [2.24, 2.45) is 0 Å². The molecule has 0 radical (unpaired) electrons. The molecule has 1 aliphatic heterocycles. The number of aliphatic hydroxyl groups is 1. The molecular weight excluding hydrogens is 238 g/mol. The number of β-amino-alcohol motifs (C(OH)–C–C–N with tert-alkyl or cyclic N) is 1. The molecule has 1 atom stereocenters. The van der Waals surface area contributed by atoms with Crippen LogP contribution in [0.15, 0.2) is 18.2 Å². The molecule has 0 spiro atoms. The first-order chi connectivity index (χ1) is 7.65. The number of nitrogens with two attached hydrogens (primary N) is 2. The van der Waals surface area contributed by atoms with E-state index in [9.17, 15) is 5.11 Å². The lowest BCUT2D eigenvalue weighted by Crippen LogP contribution is -2.37. The third-order valence-electron chi connectivity index (χ3n) is 3.04. The Kier molecular flexibility index (Phi) is 5.05. The van der Waals surface area contributed by atoms with Crippen LogP contribution < -0.4 is 11.5 Å². The molecule has 0 aromatic heterocycles. The van der Waals surface area contributed by atoms with Gasteiger partial charge in [-0.2, -0.15) is 0 Å². The normalized spacial score (nSPS) is 20.9. The lowest BCUT2D eigenvalue weighted by molar-refractivity contribution is 0.0669. The summed E-state index contributed by atoms with van der Waals surface area (Å²) in [6.45, 7) is 2.52. The first-order valence-electron chi connectivity index (χ1n) is 5.69. The Morgan fingerprint density at radius 1 is 1.35 bits per heavy atom. The smallest absolute Gasteiger partial charge is 0.0667 e. The number of likely N-dealkylation sites (tertiary alicyclic amines) is 1. The zero-order valence-corrected chi connectivity index (χ0v) is 10.6. The highest BCUT2D eigenvalue weighted by atomic mass is 35.5. The highest BCUT2D eigenvalue weighted by Gasteiger charge is 2.18. The van der Waals surface area contributed by atoms with E-state index in [1.807, 2.05) is 18.2 Å². The SMILES string of the molecule is Cl.Nc1ccc(N)c(CN2CCCC(O)C2)c1. The molecule has 1 fully saturated rings. The van der Waals surface area contributed by atoms with Gasteiger partial charge in [-0.25, -0.2) is 0 Å². The Hall–Kier alpha value is -0.970. The summed E-state index contributed by atoms with van der Waals surface area (Å²) in [5, 5.41) is 9.58. The summed E-state index contributed by atoms with van der Waals surface area (Å²) < 4.78 is 0. The minimum atomic E-state index is -0.198. The number of nitrogens with zero attached hydrogens (tertiary/aromatic N) is 1. The molecule has 1 saturated heterocycles. The van der Waals surface area contributed by atoms with Gasteiger partial charge in [0.2, 0.25) is 0 Å². The Bertz CT molecular complexity index is 373. The van der Waals surface area contributed by atoms with E-state index < -0.39 is 0 Å². The fourth-order valence-electron chi connectivity index (χ4n) is 2.18. The lowest BCUT2D eigenvalue weighted by atomic mass is 10.1. The average Bonchev–Trinajstić information content (AvgIpc) is 2.24. The van der Waals surface area contributed by atoms with Gasteiger partial charge >= 0.3 is 0 Å². The highest BCUT2D eigenvalue weighted by Crippen LogP contribution is 2.20. The van der Waals surface area contributed by atoms with E-state index in [4.69, 9.17) is 11.5 Å². The van der Waals surface area contributed by atoms with Crippen molar-refractivity contribution in [1.82, 2.24) is 4.90 Å². The number of anilines is 2. The van der Waals surface area contributed by atoms with Crippen LogP contribution in [0.2, 0.25) is 0 Å². The van der Waals surface area contributed by atoms with Crippen molar-refractivity contribution in [3.05, 3.63) is 23.8 Å². The second kappa shape index (κ2) is 6.10. The van der Waals surface area contributed by atoms with E-state index in [2.05, 4.69) is 4.90 Å². The number of rotatable bonds is 2. The van der Waals surface area contributed by atoms with Gasteiger partial charge in [0.05, 0.1) is 6.10 Å². The van der Waals surface area contributed by atoms with Crippen LogP contribution in [0.1, 0.15) is 18.4 Å². The highest BCUT2D eigenvalue weighted by molar-refractivity contribution is 5.85. The molecule has 0 aliphatic carbocycles. The molecule has 2 rings (SSSR count). The molecular formula is C12H20ClN3O. The fourth-order valence-corrected chi connectivity index (χ4v) is 2.18. The number of nitrogen functional groups attached to an aromatic ring is 2. The number of hydrogen-bond donors (Lipinski definition) is 3. The maximum absolute atomic E-state index is 9.58. The van der Waals surface area contributed by atoms with Gasteiger partial charge in [-0.1, -0.05) is 0 Å². The van der Waals surface area contributed by atoms with E-state index >= 15 is 0 Å². The average molecular weight is 258 g/mol. The zero-order valence-electron chi connectivity index (χ0n) is 9.80. The summed E-state index contributed by atoms with van der Waals surface area (Å²) >= 11 is 0. The molecule has 0 amide bonds. The van der Waals surface area contributed by atoms with E-state index in [-0.39, 0.29) is 18.5 Å². The summed E-state index contributed by atoms with van der Waals surface area (Å²) in [5.74, 6) is 0. The molecule has 0 saturated carbocycles. The monoisotopic (exact) mass is 257 g/mol. The van der Waals surface area contributed by atoms with Crippen molar-refractivity contribution in [1.29, 1.82) is 0 Å². The van der Waals surface area contributed by atoms with Crippen molar-refractivity contribution in [2.75, 3.05) is 24.6 Å². The number of halogens is 1. The molecule has 5 N–H and O–H groups in total. The molecule has 0 bridgehead atoms. The molecule has 1 aromatic carbocycles. The Morgan fingerprint density at radius 3 is 2.82 bits per heavy atom. The molecule has 1 heterocycles. The Balaban J connectivity index is 0.00000144. The topological polar surface area (TPSA) is 75.5 Å². The number of hydrogen-bond acceptors (Lipinski definition) is 4.